The minimum absolute atomic E-state index is 0.324. The van der Waals surface area contributed by atoms with Crippen molar-refractivity contribution in [3.63, 3.8) is 0 Å². The second-order valence-electron chi connectivity index (χ2n) is 6.69. The van der Waals surface area contributed by atoms with Gasteiger partial charge in [0.1, 0.15) is 17.1 Å². The summed E-state index contributed by atoms with van der Waals surface area (Å²) in [6, 6.07) is 11.2. The predicted molar refractivity (Wildman–Crippen MR) is 111 cm³/mol. The van der Waals surface area contributed by atoms with Crippen molar-refractivity contribution in [2.24, 2.45) is 0 Å². The van der Waals surface area contributed by atoms with Gasteiger partial charge in [0.2, 0.25) is 0 Å². The Kier molecular flexibility index (Phi) is 5.29. The summed E-state index contributed by atoms with van der Waals surface area (Å²) in [6.07, 6.45) is 0.741. The normalized spacial score (nSPS) is 15.6. The van der Waals surface area contributed by atoms with Gasteiger partial charge in [0.15, 0.2) is 5.58 Å². The first kappa shape index (κ1) is 19.5. The number of ether oxygens (including phenoxy) is 1. The predicted octanol–water partition coefficient (Wildman–Crippen LogP) is 2.27. The Bertz CT molecular complexity index is 1110. The van der Waals surface area contributed by atoms with Crippen LogP contribution >= 0.6 is 0 Å². The van der Waals surface area contributed by atoms with E-state index in [1.54, 1.807) is 19.2 Å². The molecule has 2 aromatic heterocycles. The van der Waals surface area contributed by atoms with Crippen molar-refractivity contribution < 1.29 is 17.6 Å². The van der Waals surface area contributed by atoms with Crippen molar-refractivity contribution in [3.05, 3.63) is 42.1 Å². The number of rotatable bonds is 6. The largest absolute Gasteiger partial charge is 0.497 e. The lowest BCUT2D eigenvalue weighted by Crippen LogP contribution is -2.50. The number of nitrogens with zero attached hydrogens (tertiary/aromatic N) is 4. The van der Waals surface area contributed by atoms with Gasteiger partial charge < -0.3 is 14.1 Å². The van der Waals surface area contributed by atoms with Crippen LogP contribution < -0.4 is 14.4 Å². The van der Waals surface area contributed by atoms with E-state index in [4.69, 9.17) is 9.15 Å². The van der Waals surface area contributed by atoms with Crippen molar-refractivity contribution in [2.45, 2.75) is 13.3 Å². The molecule has 0 unspecified atom stereocenters. The van der Waals surface area contributed by atoms with Crippen molar-refractivity contribution in [2.75, 3.05) is 42.9 Å². The van der Waals surface area contributed by atoms with Gasteiger partial charge in [0.25, 0.3) is 6.01 Å². The maximum atomic E-state index is 12.7. The summed E-state index contributed by atoms with van der Waals surface area (Å²) in [4.78, 5) is 10.8. The Morgan fingerprint density at radius 1 is 1.14 bits per heavy atom. The minimum Gasteiger partial charge on any atom is -0.497 e. The molecule has 0 saturated carbocycles. The molecule has 0 radical (unpaired) electrons. The van der Waals surface area contributed by atoms with E-state index < -0.39 is 10.2 Å². The van der Waals surface area contributed by atoms with E-state index in [9.17, 15) is 8.42 Å². The number of hydrogen-bond donors (Lipinski definition) is 1. The van der Waals surface area contributed by atoms with Crippen LogP contribution in [0.3, 0.4) is 0 Å². The molecule has 1 fully saturated rings. The highest BCUT2D eigenvalue weighted by Gasteiger charge is 2.29. The molecule has 1 aliphatic rings. The summed E-state index contributed by atoms with van der Waals surface area (Å²) in [7, 11) is -2.07. The molecule has 0 bridgehead atoms. The van der Waals surface area contributed by atoms with Crippen LogP contribution in [-0.4, -0.2) is 56.0 Å². The fourth-order valence-corrected chi connectivity index (χ4v) is 4.36. The van der Waals surface area contributed by atoms with Gasteiger partial charge in [-0.25, -0.2) is 4.98 Å². The van der Waals surface area contributed by atoms with Gasteiger partial charge in [-0.05, 0) is 30.7 Å². The van der Waals surface area contributed by atoms with Crippen molar-refractivity contribution >= 4 is 33.1 Å². The first-order chi connectivity index (χ1) is 14.0. The Balaban J connectivity index is 1.43. The van der Waals surface area contributed by atoms with Crippen LogP contribution in [0.5, 0.6) is 5.75 Å². The minimum atomic E-state index is -3.67. The fraction of sp³-hybridized carbons (Fsp3) is 0.368. The Hall–Kier alpha value is -2.85. The molecule has 4 rings (SSSR count). The summed E-state index contributed by atoms with van der Waals surface area (Å²) in [6.45, 7) is 3.58. The number of methoxy groups -OCH3 is 1. The third-order valence-electron chi connectivity index (χ3n) is 4.84. The van der Waals surface area contributed by atoms with E-state index in [-0.39, 0.29) is 0 Å². The number of oxazole rings is 1. The molecule has 3 heterocycles. The highest BCUT2D eigenvalue weighted by atomic mass is 32.2. The molecule has 9 nitrogen and oxygen atoms in total. The smallest absolute Gasteiger partial charge is 0.302 e. The van der Waals surface area contributed by atoms with Gasteiger partial charge in [-0.3, -0.25) is 4.72 Å². The van der Waals surface area contributed by atoms with E-state index in [1.165, 1.54) is 4.31 Å². The van der Waals surface area contributed by atoms with Crippen LogP contribution in [0, 0.1) is 0 Å². The van der Waals surface area contributed by atoms with Crippen LogP contribution in [0.4, 0.5) is 11.8 Å². The standard InChI is InChI=1S/C19H23N5O4S/c1-3-14-5-4-6-18(20-14)22-29(25,26)24-11-9-23(10-12-24)19-21-16-13-15(27-2)7-8-17(16)28-19/h4-8,13H,3,9-12H2,1-2H3,(H,20,22). The topological polar surface area (TPSA) is 101 Å². The number of anilines is 2. The third kappa shape index (κ3) is 4.13. The SMILES string of the molecule is CCc1cccc(NS(=O)(=O)N2CCN(c3nc4cc(OC)ccc4o3)CC2)n1. The highest BCUT2D eigenvalue weighted by Crippen LogP contribution is 2.26. The Morgan fingerprint density at radius 3 is 2.66 bits per heavy atom. The molecule has 3 aromatic rings. The lowest BCUT2D eigenvalue weighted by atomic mass is 10.3. The van der Waals surface area contributed by atoms with Gasteiger partial charge in [0.05, 0.1) is 7.11 Å². The van der Waals surface area contributed by atoms with Gasteiger partial charge in [0, 0.05) is 37.9 Å². The lowest BCUT2D eigenvalue weighted by molar-refractivity contribution is 0.376. The van der Waals surface area contributed by atoms with E-state index in [2.05, 4.69) is 14.7 Å². The van der Waals surface area contributed by atoms with E-state index in [1.807, 2.05) is 36.1 Å². The molecule has 1 N–H and O–H groups in total. The highest BCUT2D eigenvalue weighted by molar-refractivity contribution is 7.90. The second kappa shape index (κ2) is 7.88. The quantitative estimate of drug-likeness (QED) is 0.657. The van der Waals surface area contributed by atoms with Crippen LogP contribution in [0.25, 0.3) is 11.1 Å². The molecule has 1 aliphatic heterocycles. The van der Waals surface area contributed by atoms with Crippen LogP contribution in [-0.2, 0) is 16.6 Å². The van der Waals surface area contributed by atoms with Crippen LogP contribution in [0.15, 0.2) is 40.8 Å². The van der Waals surface area contributed by atoms with Crippen LogP contribution in [0.1, 0.15) is 12.6 Å². The number of fused-ring (bicyclic) bond motifs is 1. The number of nitrogens with one attached hydrogen (secondary N) is 1. The molecule has 0 amide bonds. The zero-order chi connectivity index (χ0) is 20.4. The fourth-order valence-electron chi connectivity index (χ4n) is 3.21. The van der Waals surface area contributed by atoms with Gasteiger partial charge in [-0.1, -0.05) is 13.0 Å². The molecule has 1 saturated heterocycles. The molecular weight excluding hydrogens is 394 g/mol. The number of pyridine rings is 1. The maximum absolute atomic E-state index is 12.7. The summed E-state index contributed by atoms with van der Waals surface area (Å²) in [5.74, 6) is 1.04. The number of hydrogen-bond acceptors (Lipinski definition) is 7. The average molecular weight is 417 g/mol. The molecule has 1 aromatic carbocycles. The van der Waals surface area contributed by atoms with E-state index in [0.29, 0.717) is 54.9 Å². The summed E-state index contributed by atoms with van der Waals surface area (Å²) in [5, 5.41) is 0. The van der Waals surface area contributed by atoms with Crippen LogP contribution in [0.2, 0.25) is 0 Å². The van der Waals surface area contributed by atoms with Crippen molar-refractivity contribution in [3.8, 4) is 5.75 Å². The van der Waals surface area contributed by atoms with Crippen molar-refractivity contribution in [1.29, 1.82) is 0 Å². The molecule has 154 valence electrons. The summed E-state index contributed by atoms with van der Waals surface area (Å²) >= 11 is 0. The first-order valence-corrected chi connectivity index (χ1v) is 10.9. The molecule has 0 aliphatic carbocycles. The second-order valence-corrected chi connectivity index (χ2v) is 8.36. The third-order valence-corrected chi connectivity index (χ3v) is 6.35. The number of aryl methyl sites for hydroxylation is 1. The zero-order valence-corrected chi connectivity index (χ0v) is 17.1. The van der Waals surface area contributed by atoms with Gasteiger partial charge in [-0.15, -0.1) is 0 Å². The van der Waals surface area contributed by atoms with Gasteiger partial charge >= 0.3 is 10.2 Å². The number of piperazine rings is 1. The average Bonchev–Trinajstić information content (AvgIpc) is 3.17. The van der Waals surface area contributed by atoms with Gasteiger partial charge in [-0.2, -0.15) is 17.7 Å². The van der Waals surface area contributed by atoms with E-state index in [0.717, 1.165) is 12.1 Å². The molecule has 10 heteroatoms. The lowest BCUT2D eigenvalue weighted by Gasteiger charge is -2.32. The zero-order valence-electron chi connectivity index (χ0n) is 16.3. The Labute approximate surface area is 169 Å². The number of benzene rings is 1. The van der Waals surface area contributed by atoms with Crippen molar-refractivity contribution in [1.82, 2.24) is 14.3 Å². The summed E-state index contributed by atoms with van der Waals surface area (Å²) in [5.41, 5.74) is 2.21. The summed E-state index contributed by atoms with van der Waals surface area (Å²) < 4.78 is 40.4. The Morgan fingerprint density at radius 2 is 1.93 bits per heavy atom. The molecular formula is C19H23N5O4S. The molecule has 0 atom stereocenters. The molecule has 0 spiro atoms. The molecule has 29 heavy (non-hydrogen) atoms. The first-order valence-electron chi connectivity index (χ1n) is 9.42. The monoisotopic (exact) mass is 417 g/mol. The number of aromatic nitrogens is 2. The maximum Gasteiger partial charge on any atom is 0.302 e. The van der Waals surface area contributed by atoms with E-state index >= 15 is 0 Å².